The van der Waals surface area contributed by atoms with Crippen molar-refractivity contribution in [2.24, 2.45) is 0 Å². The summed E-state index contributed by atoms with van der Waals surface area (Å²) in [6.07, 6.45) is 3.93. The molecule has 2 saturated heterocycles. The first-order chi connectivity index (χ1) is 15.7. The Morgan fingerprint density at radius 3 is 2.55 bits per heavy atom. The molecule has 0 radical (unpaired) electrons. The summed E-state index contributed by atoms with van der Waals surface area (Å²) in [7, 11) is -3.11. The number of amides is 1. The van der Waals surface area contributed by atoms with Gasteiger partial charge >= 0.3 is 0 Å². The molecule has 1 N–H and O–H groups in total. The van der Waals surface area contributed by atoms with Crippen LogP contribution in [0.1, 0.15) is 51.4 Å². The summed E-state index contributed by atoms with van der Waals surface area (Å²) in [5.41, 5.74) is -0.00768. The lowest BCUT2D eigenvalue weighted by atomic mass is 10.0. The summed E-state index contributed by atoms with van der Waals surface area (Å²) in [5, 5.41) is 12.2. The smallest absolute Gasteiger partial charge is 0.230 e. The summed E-state index contributed by atoms with van der Waals surface area (Å²) >= 11 is 1.24. The third-order valence-corrected chi connectivity index (χ3v) is 9.16. The molecular weight excluding hydrogens is 465 g/mol. The van der Waals surface area contributed by atoms with E-state index in [0.29, 0.717) is 11.6 Å². The normalized spacial score (nSPS) is 24.0. The number of nitrogens with zero attached hydrogens (tertiary/aromatic N) is 4. The molecule has 2 atom stereocenters. The van der Waals surface area contributed by atoms with Crippen LogP contribution in [0.2, 0.25) is 0 Å². The minimum atomic E-state index is -3.11. The molecule has 1 aromatic heterocycles. The minimum Gasteiger partial charge on any atom is -0.349 e. The molecule has 0 aliphatic carbocycles. The second-order valence-corrected chi connectivity index (χ2v) is 12.3. The lowest BCUT2D eigenvalue weighted by molar-refractivity contribution is -0.120. The molecular formula is C22H30FN5O3S2. The number of likely N-dealkylation sites (tertiary alicyclic amines) is 1. The van der Waals surface area contributed by atoms with Crippen LogP contribution in [0.15, 0.2) is 29.4 Å². The van der Waals surface area contributed by atoms with Crippen molar-refractivity contribution in [3.63, 3.8) is 0 Å². The number of carbonyl (C=O) groups excluding carboxylic acids is 1. The summed E-state index contributed by atoms with van der Waals surface area (Å²) in [6, 6.07) is 6.17. The van der Waals surface area contributed by atoms with Crippen molar-refractivity contribution in [1.29, 1.82) is 0 Å². The monoisotopic (exact) mass is 495 g/mol. The van der Waals surface area contributed by atoms with Gasteiger partial charge in [0.15, 0.2) is 20.8 Å². The van der Waals surface area contributed by atoms with E-state index in [1.54, 1.807) is 19.1 Å². The molecule has 8 nitrogen and oxygen atoms in total. The van der Waals surface area contributed by atoms with Gasteiger partial charge in [-0.15, -0.1) is 10.2 Å². The third-order valence-electron chi connectivity index (χ3n) is 6.33. The van der Waals surface area contributed by atoms with Crippen molar-refractivity contribution >= 4 is 27.5 Å². The van der Waals surface area contributed by atoms with E-state index in [1.807, 2.05) is 4.57 Å². The average molecular weight is 496 g/mol. The molecule has 33 heavy (non-hydrogen) atoms. The minimum absolute atomic E-state index is 0.0219. The number of aromatic nitrogens is 3. The van der Waals surface area contributed by atoms with Crippen LogP contribution in [0.3, 0.4) is 0 Å². The average Bonchev–Trinajstić information content (AvgIpc) is 3.32. The molecule has 2 aliphatic rings. The topological polar surface area (TPSA) is 97.2 Å². The predicted molar refractivity (Wildman–Crippen MR) is 126 cm³/mol. The third kappa shape index (κ3) is 5.75. The van der Waals surface area contributed by atoms with E-state index in [1.165, 1.54) is 30.3 Å². The van der Waals surface area contributed by atoms with E-state index in [-0.39, 0.29) is 35.0 Å². The number of rotatable bonds is 7. The zero-order valence-electron chi connectivity index (χ0n) is 19.0. The Bertz CT molecular complexity index is 1100. The molecule has 2 fully saturated rings. The number of thioether (sulfide) groups is 1. The molecule has 0 unspecified atom stereocenters. The van der Waals surface area contributed by atoms with Gasteiger partial charge in [-0.25, -0.2) is 12.8 Å². The maximum Gasteiger partial charge on any atom is 0.230 e. The number of halogens is 1. The highest BCUT2D eigenvalue weighted by atomic mass is 32.2. The maximum atomic E-state index is 13.6. The van der Waals surface area contributed by atoms with Gasteiger partial charge in [0.25, 0.3) is 0 Å². The van der Waals surface area contributed by atoms with Gasteiger partial charge < -0.3 is 5.32 Å². The van der Waals surface area contributed by atoms with Crippen LogP contribution >= 0.6 is 11.8 Å². The number of hydrogen-bond donors (Lipinski definition) is 1. The highest BCUT2D eigenvalue weighted by Gasteiger charge is 2.39. The molecule has 0 bridgehead atoms. The van der Waals surface area contributed by atoms with Crippen LogP contribution in [0, 0.1) is 5.82 Å². The Morgan fingerprint density at radius 2 is 1.91 bits per heavy atom. The Hall–Kier alpha value is -1.98. The highest BCUT2D eigenvalue weighted by molar-refractivity contribution is 7.99. The molecule has 11 heteroatoms. The van der Waals surface area contributed by atoms with E-state index < -0.39 is 15.4 Å². The van der Waals surface area contributed by atoms with E-state index >= 15 is 0 Å². The first kappa shape index (κ1) is 24.2. The Labute approximate surface area is 198 Å². The van der Waals surface area contributed by atoms with Crippen LogP contribution in [0.5, 0.6) is 0 Å². The van der Waals surface area contributed by atoms with Crippen LogP contribution in [0.4, 0.5) is 4.39 Å². The quantitative estimate of drug-likeness (QED) is 0.590. The van der Waals surface area contributed by atoms with Crippen molar-refractivity contribution < 1.29 is 17.6 Å². The van der Waals surface area contributed by atoms with Gasteiger partial charge in [0, 0.05) is 5.69 Å². The number of piperidine rings is 1. The molecule has 0 saturated carbocycles. The SMILES string of the molecule is C[C@H](c1nnc(SCC(=O)N[C@]2(C)CCS(=O)(=O)C2)n1-c1ccc(F)cc1)N1CCCCC1. The van der Waals surface area contributed by atoms with Crippen LogP contribution < -0.4 is 5.32 Å². The number of nitrogens with one attached hydrogen (secondary N) is 1. The molecule has 0 spiro atoms. The fourth-order valence-electron chi connectivity index (χ4n) is 4.56. The van der Waals surface area contributed by atoms with Gasteiger partial charge in [0.2, 0.25) is 5.91 Å². The van der Waals surface area contributed by atoms with E-state index in [0.717, 1.165) is 37.4 Å². The number of sulfone groups is 1. The molecule has 2 aromatic rings. The summed E-state index contributed by atoms with van der Waals surface area (Å²) in [6.45, 7) is 5.84. The van der Waals surface area contributed by atoms with Crippen molar-refractivity contribution in [1.82, 2.24) is 25.0 Å². The van der Waals surface area contributed by atoms with Gasteiger partial charge in [0.05, 0.1) is 28.8 Å². The second-order valence-electron chi connectivity index (χ2n) is 9.16. The Balaban J connectivity index is 1.53. The summed E-state index contributed by atoms with van der Waals surface area (Å²) < 4.78 is 39.1. The van der Waals surface area contributed by atoms with E-state index in [4.69, 9.17) is 0 Å². The maximum absolute atomic E-state index is 13.6. The Kier molecular flexibility index (Phi) is 7.11. The zero-order valence-corrected chi connectivity index (χ0v) is 20.6. The van der Waals surface area contributed by atoms with Crippen molar-refractivity contribution in [2.45, 2.75) is 56.3 Å². The lowest BCUT2D eigenvalue weighted by Gasteiger charge is -2.31. The van der Waals surface area contributed by atoms with Crippen LogP contribution in [-0.2, 0) is 14.6 Å². The summed E-state index contributed by atoms with van der Waals surface area (Å²) in [5.74, 6) is 0.297. The zero-order chi connectivity index (χ0) is 23.6. The fraction of sp³-hybridized carbons (Fsp3) is 0.591. The van der Waals surface area contributed by atoms with Gasteiger partial charge in [-0.2, -0.15) is 0 Å². The number of benzene rings is 1. The lowest BCUT2D eigenvalue weighted by Crippen LogP contribution is -2.47. The van der Waals surface area contributed by atoms with Crippen molar-refractivity contribution in [3.8, 4) is 5.69 Å². The van der Waals surface area contributed by atoms with Crippen molar-refractivity contribution in [3.05, 3.63) is 35.9 Å². The van der Waals surface area contributed by atoms with Gasteiger partial charge in [0.1, 0.15) is 5.82 Å². The molecule has 1 amide bonds. The highest BCUT2D eigenvalue weighted by Crippen LogP contribution is 2.30. The van der Waals surface area contributed by atoms with Gasteiger partial charge in [-0.1, -0.05) is 18.2 Å². The molecule has 180 valence electrons. The van der Waals surface area contributed by atoms with E-state index in [9.17, 15) is 17.6 Å². The first-order valence-corrected chi connectivity index (χ1v) is 14.1. The Morgan fingerprint density at radius 1 is 1.21 bits per heavy atom. The van der Waals surface area contributed by atoms with Crippen molar-refractivity contribution in [2.75, 3.05) is 30.3 Å². The van der Waals surface area contributed by atoms with Crippen LogP contribution in [0.25, 0.3) is 5.69 Å². The van der Waals surface area contributed by atoms with E-state index in [2.05, 4.69) is 27.3 Å². The molecule has 4 rings (SSSR count). The first-order valence-electron chi connectivity index (χ1n) is 11.3. The van der Waals surface area contributed by atoms with Gasteiger partial charge in [-0.3, -0.25) is 14.3 Å². The fourth-order valence-corrected chi connectivity index (χ4v) is 7.41. The number of carbonyl (C=O) groups is 1. The predicted octanol–water partition coefficient (Wildman–Crippen LogP) is 2.74. The number of hydrogen-bond acceptors (Lipinski definition) is 7. The largest absolute Gasteiger partial charge is 0.349 e. The summed E-state index contributed by atoms with van der Waals surface area (Å²) in [4.78, 5) is 15.0. The van der Waals surface area contributed by atoms with Gasteiger partial charge in [-0.05, 0) is 70.5 Å². The molecule has 2 aliphatic heterocycles. The molecule has 3 heterocycles. The second kappa shape index (κ2) is 9.71. The van der Waals surface area contributed by atoms with Crippen LogP contribution in [-0.4, -0.2) is 69.9 Å². The molecule has 1 aromatic carbocycles. The standard InChI is InChI=1S/C22H30FN5O3S2/c1-16(27-11-4-3-5-12-27)20-25-26-21(28(20)18-8-6-17(23)7-9-18)32-14-19(29)24-22(2)10-13-33(30,31)15-22/h6-9,16H,3-5,10-15H2,1-2H3,(H,24,29)/t16-,22-/m1/s1.